The molecule has 0 aliphatic carbocycles. The number of hydrogen-bond donors (Lipinski definition) is 0. The van der Waals surface area contributed by atoms with E-state index in [0.29, 0.717) is 17.4 Å². The minimum Gasteiger partial charge on any atom is -0.422 e. The zero-order chi connectivity index (χ0) is 15.8. The fourth-order valence-corrected chi connectivity index (χ4v) is 1.87. The normalized spacial score (nSPS) is 11.9. The van der Waals surface area contributed by atoms with Gasteiger partial charge in [0, 0.05) is 17.2 Å². The van der Waals surface area contributed by atoms with Crippen LogP contribution >= 0.6 is 0 Å². The van der Waals surface area contributed by atoms with Crippen LogP contribution in [0.15, 0.2) is 72.3 Å². The molecule has 0 aliphatic rings. The van der Waals surface area contributed by atoms with Crippen LogP contribution in [0.25, 0.3) is 11.8 Å². The Morgan fingerprint density at radius 1 is 0.955 bits per heavy atom. The second kappa shape index (κ2) is 7.74. The predicted octanol–water partition coefficient (Wildman–Crippen LogP) is 3.87. The van der Waals surface area contributed by atoms with Crippen molar-refractivity contribution in [3.63, 3.8) is 0 Å². The molecule has 2 rings (SSSR count). The maximum atomic E-state index is 12.0. The molecule has 0 saturated carbocycles. The molecule has 110 valence electrons. The summed E-state index contributed by atoms with van der Waals surface area (Å²) >= 11 is 0. The lowest BCUT2D eigenvalue weighted by molar-refractivity contribution is -0.131. The van der Waals surface area contributed by atoms with Gasteiger partial charge in [-0.15, -0.1) is 0 Å². The number of carbonyl (C=O) groups excluding carboxylic acids is 2. The number of allylic oxidation sites excluding steroid dienone is 1. The van der Waals surface area contributed by atoms with Crippen molar-refractivity contribution in [3.05, 3.63) is 83.4 Å². The highest BCUT2D eigenvalue weighted by Crippen LogP contribution is 2.19. The van der Waals surface area contributed by atoms with Gasteiger partial charge in [-0.1, -0.05) is 60.7 Å². The van der Waals surface area contributed by atoms with Crippen molar-refractivity contribution in [2.75, 3.05) is 0 Å². The summed E-state index contributed by atoms with van der Waals surface area (Å²) < 4.78 is 5.33. The average Bonchev–Trinajstić information content (AvgIpc) is 2.59. The Bertz CT molecular complexity index is 698. The Labute approximate surface area is 129 Å². The first-order chi connectivity index (χ1) is 10.7. The van der Waals surface area contributed by atoms with Crippen LogP contribution in [-0.2, 0) is 14.3 Å². The molecule has 2 aromatic rings. The van der Waals surface area contributed by atoms with E-state index in [9.17, 15) is 9.59 Å². The summed E-state index contributed by atoms with van der Waals surface area (Å²) in [5, 5.41) is 0. The van der Waals surface area contributed by atoms with E-state index in [1.165, 1.54) is 6.08 Å². The third kappa shape index (κ3) is 4.28. The van der Waals surface area contributed by atoms with Gasteiger partial charge in [-0.25, -0.2) is 4.79 Å². The molecule has 0 heterocycles. The highest BCUT2D eigenvalue weighted by Gasteiger charge is 2.10. The SMILES string of the molecule is CC(C=O)=C(OC(=O)/C=C/c1ccccc1)c1ccccc1. The van der Waals surface area contributed by atoms with Gasteiger partial charge in [-0.05, 0) is 18.6 Å². The van der Waals surface area contributed by atoms with E-state index in [1.807, 2.05) is 48.5 Å². The van der Waals surface area contributed by atoms with E-state index in [4.69, 9.17) is 4.74 Å². The fourth-order valence-electron chi connectivity index (χ4n) is 1.87. The lowest BCUT2D eigenvalue weighted by atomic mass is 10.1. The number of esters is 1. The molecular weight excluding hydrogens is 276 g/mol. The molecule has 0 bridgehead atoms. The van der Waals surface area contributed by atoms with Gasteiger partial charge < -0.3 is 4.74 Å². The first-order valence-electron chi connectivity index (χ1n) is 6.87. The summed E-state index contributed by atoms with van der Waals surface area (Å²) in [5.74, 6) is -0.248. The van der Waals surface area contributed by atoms with Gasteiger partial charge in [0.05, 0.1) is 0 Å². The molecule has 0 spiro atoms. The minimum absolute atomic E-state index is 0.276. The van der Waals surface area contributed by atoms with E-state index < -0.39 is 5.97 Å². The molecule has 0 fully saturated rings. The van der Waals surface area contributed by atoms with Gasteiger partial charge in [0.1, 0.15) is 12.0 Å². The predicted molar refractivity (Wildman–Crippen MR) is 86.7 cm³/mol. The van der Waals surface area contributed by atoms with Crippen LogP contribution in [0.2, 0.25) is 0 Å². The van der Waals surface area contributed by atoms with Gasteiger partial charge in [0.2, 0.25) is 0 Å². The molecule has 0 amide bonds. The van der Waals surface area contributed by atoms with Crippen LogP contribution < -0.4 is 0 Å². The fraction of sp³-hybridized carbons (Fsp3) is 0.0526. The Kier molecular flexibility index (Phi) is 5.44. The third-order valence-corrected chi connectivity index (χ3v) is 2.99. The van der Waals surface area contributed by atoms with Crippen molar-refractivity contribution >= 4 is 24.1 Å². The molecule has 3 nitrogen and oxygen atoms in total. The number of carbonyl (C=O) groups is 2. The molecule has 0 atom stereocenters. The summed E-state index contributed by atoms with van der Waals surface area (Å²) in [6.07, 6.45) is 3.69. The lowest BCUT2D eigenvalue weighted by Crippen LogP contribution is -2.03. The quantitative estimate of drug-likeness (QED) is 0.363. The van der Waals surface area contributed by atoms with Crippen LogP contribution in [0.5, 0.6) is 0 Å². The summed E-state index contributed by atoms with van der Waals surface area (Å²) in [4.78, 5) is 23.0. The van der Waals surface area contributed by atoms with Crippen molar-refractivity contribution in [1.29, 1.82) is 0 Å². The first-order valence-corrected chi connectivity index (χ1v) is 6.87. The first kappa shape index (κ1) is 15.4. The Morgan fingerprint density at radius 3 is 2.14 bits per heavy atom. The topological polar surface area (TPSA) is 43.4 Å². The van der Waals surface area contributed by atoms with Gasteiger partial charge >= 0.3 is 5.97 Å². The molecule has 2 aromatic carbocycles. The van der Waals surface area contributed by atoms with E-state index in [1.54, 1.807) is 25.1 Å². The van der Waals surface area contributed by atoms with Gasteiger partial charge in [0.25, 0.3) is 0 Å². The maximum absolute atomic E-state index is 12.0. The average molecular weight is 292 g/mol. The number of ether oxygens (including phenoxy) is 1. The summed E-state index contributed by atoms with van der Waals surface area (Å²) in [6.45, 7) is 1.61. The monoisotopic (exact) mass is 292 g/mol. The van der Waals surface area contributed by atoms with Crippen molar-refractivity contribution in [1.82, 2.24) is 0 Å². The number of aldehydes is 1. The molecule has 0 aliphatic heterocycles. The van der Waals surface area contributed by atoms with E-state index in [0.717, 1.165) is 5.56 Å². The van der Waals surface area contributed by atoms with E-state index >= 15 is 0 Å². The van der Waals surface area contributed by atoms with Crippen LogP contribution in [0.1, 0.15) is 18.1 Å². The van der Waals surface area contributed by atoms with Crippen molar-refractivity contribution < 1.29 is 14.3 Å². The zero-order valence-corrected chi connectivity index (χ0v) is 12.2. The van der Waals surface area contributed by atoms with Crippen LogP contribution in [0, 0.1) is 0 Å². The number of rotatable bonds is 5. The van der Waals surface area contributed by atoms with Gasteiger partial charge in [0.15, 0.2) is 0 Å². The summed E-state index contributed by atoms with van der Waals surface area (Å²) in [7, 11) is 0. The largest absolute Gasteiger partial charge is 0.422 e. The lowest BCUT2D eigenvalue weighted by Gasteiger charge is -2.08. The zero-order valence-electron chi connectivity index (χ0n) is 12.2. The van der Waals surface area contributed by atoms with E-state index in [-0.39, 0.29) is 5.76 Å². The van der Waals surface area contributed by atoms with Crippen LogP contribution in [-0.4, -0.2) is 12.3 Å². The van der Waals surface area contributed by atoms with Crippen LogP contribution in [0.3, 0.4) is 0 Å². The molecule has 0 radical (unpaired) electrons. The van der Waals surface area contributed by atoms with E-state index in [2.05, 4.69) is 0 Å². The maximum Gasteiger partial charge on any atom is 0.336 e. The van der Waals surface area contributed by atoms with Gasteiger partial charge in [-0.3, -0.25) is 4.79 Å². The van der Waals surface area contributed by atoms with Crippen molar-refractivity contribution in [2.45, 2.75) is 6.92 Å². The highest BCUT2D eigenvalue weighted by atomic mass is 16.5. The smallest absolute Gasteiger partial charge is 0.336 e. The molecule has 0 aromatic heterocycles. The molecular formula is C19H16O3. The second-order valence-corrected chi connectivity index (χ2v) is 4.66. The Hall–Kier alpha value is -2.94. The summed E-state index contributed by atoms with van der Waals surface area (Å²) in [6, 6.07) is 18.5. The summed E-state index contributed by atoms with van der Waals surface area (Å²) in [5.41, 5.74) is 1.96. The van der Waals surface area contributed by atoms with Crippen molar-refractivity contribution in [3.8, 4) is 0 Å². The molecule has 0 saturated heterocycles. The molecule has 3 heteroatoms. The van der Waals surface area contributed by atoms with Crippen molar-refractivity contribution in [2.24, 2.45) is 0 Å². The third-order valence-electron chi connectivity index (χ3n) is 2.99. The Morgan fingerprint density at radius 2 is 1.55 bits per heavy atom. The van der Waals surface area contributed by atoms with Crippen LogP contribution in [0.4, 0.5) is 0 Å². The van der Waals surface area contributed by atoms with Gasteiger partial charge in [-0.2, -0.15) is 0 Å². The molecule has 0 unspecified atom stereocenters. The molecule has 22 heavy (non-hydrogen) atoms. The standard InChI is InChI=1S/C19H16O3/c1-15(14-20)19(17-10-6-3-7-11-17)22-18(21)13-12-16-8-4-2-5-9-16/h2-14H,1H3/b13-12+,19-15?. The minimum atomic E-state index is -0.524. The number of hydrogen-bond acceptors (Lipinski definition) is 3. The second-order valence-electron chi connectivity index (χ2n) is 4.66. The molecule has 0 N–H and O–H groups in total. The number of benzene rings is 2. The highest BCUT2D eigenvalue weighted by molar-refractivity contribution is 5.94. The Balaban J connectivity index is 2.17.